The van der Waals surface area contributed by atoms with Crippen LogP contribution in [-0.2, 0) is 0 Å². The van der Waals surface area contributed by atoms with Crippen LogP contribution in [0.5, 0.6) is 0 Å². The van der Waals surface area contributed by atoms with Crippen molar-refractivity contribution in [2.24, 2.45) is 5.73 Å². The van der Waals surface area contributed by atoms with Gasteiger partial charge in [0, 0.05) is 37.6 Å². The molecule has 1 aromatic heterocycles. The van der Waals surface area contributed by atoms with Crippen molar-refractivity contribution in [3.63, 3.8) is 0 Å². The molecule has 0 amide bonds. The van der Waals surface area contributed by atoms with E-state index in [1.54, 1.807) is 0 Å². The second-order valence-electron chi connectivity index (χ2n) is 5.30. The molecule has 110 valence electrons. The predicted molar refractivity (Wildman–Crippen MR) is 86.2 cm³/mol. The van der Waals surface area contributed by atoms with E-state index in [-0.39, 0.29) is 6.04 Å². The summed E-state index contributed by atoms with van der Waals surface area (Å²) in [5, 5.41) is 0. The molecule has 1 atom stereocenters. The number of anilines is 1. The summed E-state index contributed by atoms with van der Waals surface area (Å²) in [7, 11) is 0. The van der Waals surface area contributed by atoms with Crippen molar-refractivity contribution in [2.75, 3.05) is 31.1 Å². The zero-order valence-electron chi connectivity index (χ0n) is 12.5. The molecule has 1 saturated heterocycles. The molecule has 5 nitrogen and oxygen atoms in total. The van der Waals surface area contributed by atoms with Gasteiger partial charge in [0.05, 0.1) is 11.0 Å². The Kier molecular flexibility index (Phi) is 4.88. The Balaban J connectivity index is 2.02. The SMILES string of the molecule is CCC(C(N)=S)N1CCN(c2nc(C)cc(C)n2)CC1. The summed E-state index contributed by atoms with van der Waals surface area (Å²) in [6.45, 7) is 9.88. The number of piperazine rings is 1. The van der Waals surface area contributed by atoms with Gasteiger partial charge in [0.15, 0.2) is 0 Å². The van der Waals surface area contributed by atoms with Crippen LogP contribution < -0.4 is 10.6 Å². The van der Waals surface area contributed by atoms with Gasteiger partial charge in [0.25, 0.3) is 0 Å². The molecule has 0 saturated carbocycles. The molecular formula is C14H23N5S. The highest BCUT2D eigenvalue weighted by Crippen LogP contribution is 2.15. The average Bonchev–Trinajstić information content (AvgIpc) is 2.38. The van der Waals surface area contributed by atoms with Crippen molar-refractivity contribution < 1.29 is 0 Å². The third-order valence-corrected chi connectivity index (χ3v) is 4.00. The maximum Gasteiger partial charge on any atom is 0.225 e. The van der Waals surface area contributed by atoms with E-state index in [1.165, 1.54) is 0 Å². The molecular weight excluding hydrogens is 270 g/mol. The molecule has 1 fully saturated rings. The van der Waals surface area contributed by atoms with E-state index in [9.17, 15) is 0 Å². The van der Waals surface area contributed by atoms with E-state index < -0.39 is 0 Å². The van der Waals surface area contributed by atoms with Gasteiger partial charge < -0.3 is 10.6 Å². The summed E-state index contributed by atoms with van der Waals surface area (Å²) < 4.78 is 0. The number of rotatable bonds is 4. The lowest BCUT2D eigenvalue weighted by atomic mass is 10.1. The van der Waals surface area contributed by atoms with Crippen LogP contribution in [0.3, 0.4) is 0 Å². The third-order valence-electron chi connectivity index (χ3n) is 3.72. The number of nitrogens with two attached hydrogens (primary N) is 1. The molecule has 1 aliphatic heterocycles. The summed E-state index contributed by atoms with van der Waals surface area (Å²) in [5.41, 5.74) is 7.85. The molecule has 2 heterocycles. The Bertz CT molecular complexity index is 462. The maximum atomic E-state index is 5.82. The minimum Gasteiger partial charge on any atom is -0.392 e. The van der Waals surface area contributed by atoms with Gasteiger partial charge in [-0.25, -0.2) is 9.97 Å². The fourth-order valence-corrected chi connectivity index (χ4v) is 3.04. The van der Waals surface area contributed by atoms with Crippen LogP contribution in [0.4, 0.5) is 5.95 Å². The van der Waals surface area contributed by atoms with E-state index in [2.05, 4.69) is 26.7 Å². The first kappa shape index (κ1) is 15.1. The standard InChI is InChI=1S/C14H23N5S/c1-4-12(13(15)20)18-5-7-19(8-6-18)14-16-10(2)9-11(3)17-14/h9,12H,4-8H2,1-3H3,(H2,15,20). The highest BCUT2D eigenvalue weighted by atomic mass is 32.1. The van der Waals surface area contributed by atoms with Crippen LogP contribution >= 0.6 is 12.2 Å². The van der Waals surface area contributed by atoms with Crippen molar-refractivity contribution in [1.82, 2.24) is 14.9 Å². The van der Waals surface area contributed by atoms with Crippen molar-refractivity contribution in [1.29, 1.82) is 0 Å². The first-order chi connectivity index (χ1) is 9.51. The molecule has 6 heteroatoms. The topological polar surface area (TPSA) is 58.3 Å². The third kappa shape index (κ3) is 3.43. The van der Waals surface area contributed by atoms with Gasteiger partial charge in [-0.2, -0.15) is 0 Å². The minimum atomic E-state index is 0.215. The van der Waals surface area contributed by atoms with E-state index in [1.807, 2.05) is 19.9 Å². The highest BCUT2D eigenvalue weighted by molar-refractivity contribution is 7.80. The number of hydrogen-bond donors (Lipinski definition) is 1. The van der Waals surface area contributed by atoms with E-state index in [0.29, 0.717) is 4.99 Å². The Morgan fingerprint density at radius 2 is 1.80 bits per heavy atom. The van der Waals surface area contributed by atoms with Gasteiger partial charge in [0.1, 0.15) is 0 Å². The van der Waals surface area contributed by atoms with Crippen LogP contribution in [0.1, 0.15) is 24.7 Å². The van der Waals surface area contributed by atoms with Gasteiger partial charge in [0.2, 0.25) is 5.95 Å². The Morgan fingerprint density at radius 3 is 2.25 bits per heavy atom. The van der Waals surface area contributed by atoms with E-state index in [4.69, 9.17) is 18.0 Å². The largest absolute Gasteiger partial charge is 0.392 e. The molecule has 1 aromatic rings. The van der Waals surface area contributed by atoms with Gasteiger partial charge in [-0.05, 0) is 26.3 Å². The summed E-state index contributed by atoms with van der Waals surface area (Å²) >= 11 is 5.15. The number of hydrogen-bond acceptors (Lipinski definition) is 5. The van der Waals surface area contributed by atoms with Gasteiger partial charge >= 0.3 is 0 Å². The van der Waals surface area contributed by atoms with Crippen LogP contribution in [-0.4, -0.2) is 52.1 Å². The molecule has 2 N–H and O–H groups in total. The Labute approximate surface area is 126 Å². The summed E-state index contributed by atoms with van der Waals surface area (Å²) in [4.78, 5) is 14.3. The van der Waals surface area contributed by atoms with Gasteiger partial charge in [-0.15, -0.1) is 0 Å². The number of aryl methyl sites for hydroxylation is 2. The van der Waals surface area contributed by atoms with Crippen LogP contribution in [0, 0.1) is 13.8 Å². The molecule has 0 aromatic carbocycles. The van der Waals surface area contributed by atoms with E-state index >= 15 is 0 Å². The predicted octanol–water partition coefficient (Wildman–Crippen LogP) is 1.28. The molecule has 0 aliphatic carbocycles. The number of thiocarbonyl (C=S) groups is 1. The van der Waals surface area contributed by atoms with Crippen molar-refractivity contribution in [2.45, 2.75) is 33.2 Å². The molecule has 0 bridgehead atoms. The second kappa shape index (κ2) is 6.45. The zero-order valence-corrected chi connectivity index (χ0v) is 13.3. The normalized spacial score (nSPS) is 18.1. The fourth-order valence-electron chi connectivity index (χ4n) is 2.72. The molecule has 1 aliphatic rings. The minimum absolute atomic E-state index is 0.215. The summed E-state index contributed by atoms with van der Waals surface area (Å²) in [6, 6.07) is 2.21. The van der Waals surface area contributed by atoms with Crippen LogP contribution in [0.2, 0.25) is 0 Å². The maximum absolute atomic E-state index is 5.82. The molecule has 0 spiro atoms. The average molecular weight is 293 g/mol. The molecule has 0 radical (unpaired) electrons. The zero-order chi connectivity index (χ0) is 14.7. The van der Waals surface area contributed by atoms with Crippen molar-refractivity contribution in [3.8, 4) is 0 Å². The summed E-state index contributed by atoms with van der Waals surface area (Å²) in [5.74, 6) is 0.838. The quantitative estimate of drug-likeness (QED) is 0.844. The second-order valence-corrected chi connectivity index (χ2v) is 5.77. The number of nitrogens with zero attached hydrogens (tertiary/aromatic N) is 4. The van der Waals surface area contributed by atoms with Crippen molar-refractivity contribution >= 4 is 23.2 Å². The fraction of sp³-hybridized carbons (Fsp3) is 0.643. The first-order valence-electron chi connectivity index (χ1n) is 7.12. The molecule has 2 rings (SSSR count). The first-order valence-corrected chi connectivity index (χ1v) is 7.52. The van der Waals surface area contributed by atoms with Crippen molar-refractivity contribution in [3.05, 3.63) is 17.5 Å². The van der Waals surface area contributed by atoms with E-state index in [0.717, 1.165) is 49.9 Å². The smallest absolute Gasteiger partial charge is 0.225 e. The highest BCUT2D eigenvalue weighted by Gasteiger charge is 2.25. The van der Waals surface area contributed by atoms with Crippen LogP contribution in [0.25, 0.3) is 0 Å². The van der Waals surface area contributed by atoms with Gasteiger partial charge in [-0.1, -0.05) is 19.1 Å². The Hall–Kier alpha value is -1.27. The lowest BCUT2D eigenvalue weighted by Crippen LogP contribution is -2.54. The Morgan fingerprint density at radius 1 is 1.25 bits per heavy atom. The number of aromatic nitrogens is 2. The molecule has 20 heavy (non-hydrogen) atoms. The van der Waals surface area contributed by atoms with Gasteiger partial charge in [-0.3, -0.25) is 4.90 Å². The molecule has 1 unspecified atom stereocenters. The summed E-state index contributed by atoms with van der Waals surface area (Å²) in [6.07, 6.45) is 0.968. The van der Waals surface area contributed by atoms with Crippen LogP contribution in [0.15, 0.2) is 6.07 Å². The lowest BCUT2D eigenvalue weighted by Gasteiger charge is -2.38. The lowest BCUT2D eigenvalue weighted by molar-refractivity contribution is 0.223. The monoisotopic (exact) mass is 293 g/mol.